The molecule has 1 aliphatic carbocycles. The normalized spacial score (nSPS) is 38.0. The molecule has 1 saturated heterocycles. The second kappa shape index (κ2) is 5.83. The summed E-state index contributed by atoms with van der Waals surface area (Å²) in [5, 5.41) is 1.16. The second-order valence-electron chi connectivity index (χ2n) is 7.61. The average Bonchev–Trinajstić information content (AvgIpc) is 2.81. The number of ether oxygens (including phenoxy) is 1. The largest absolute Gasteiger partial charge is 0.378 e. The van der Waals surface area contributed by atoms with Crippen LogP contribution >= 0.6 is 15.9 Å². The van der Waals surface area contributed by atoms with E-state index in [1.54, 1.807) is 0 Å². The molecule has 0 aromatic rings. The van der Waals surface area contributed by atoms with Gasteiger partial charge in [-0.25, -0.2) is 0 Å². The summed E-state index contributed by atoms with van der Waals surface area (Å²) in [6.07, 6.45) is 9.98. The molecular weight excluding hydrogens is 288 g/mol. The predicted molar refractivity (Wildman–Crippen MR) is 81.2 cm³/mol. The Bertz CT molecular complexity index is 255. The van der Waals surface area contributed by atoms with E-state index in [-0.39, 0.29) is 0 Å². The van der Waals surface area contributed by atoms with Gasteiger partial charge in [-0.05, 0) is 61.7 Å². The van der Waals surface area contributed by atoms with E-state index in [1.807, 2.05) is 0 Å². The quantitative estimate of drug-likeness (QED) is 0.652. The van der Waals surface area contributed by atoms with Gasteiger partial charge in [0.1, 0.15) is 0 Å². The molecule has 0 radical (unpaired) electrons. The summed E-state index contributed by atoms with van der Waals surface area (Å²) < 4.78 is 5.86. The molecule has 18 heavy (non-hydrogen) atoms. The number of rotatable bonds is 3. The number of alkyl halides is 1. The topological polar surface area (TPSA) is 9.23 Å². The van der Waals surface area contributed by atoms with Gasteiger partial charge in [-0.2, -0.15) is 0 Å². The average molecular weight is 317 g/mol. The van der Waals surface area contributed by atoms with E-state index in [1.165, 1.54) is 44.9 Å². The first-order valence-corrected chi connectivity index (χ1v) is 8.75. The van der Waals surface area contributed by atoms with Crippen LogP contribution in [0.2, 0.25) is 0 Å². The third-order valence-corrected chi connectivity index (χ3v) is 6.43. The third kappa shape index (κ3) is 3.50. The van der Waals surface area contributed by atoms with Crippen LogP contribution in [0.5, 0.6) is 0 Å². The Balaban J connectivity index is 1.90. The monoisotopic (exact) mass is 316 g/mol. The van der Waals surface area contributed by atoms with Crippen LogP contribution in [0.3, 0.4) is 0 Å². The van der Waals surface area contributed by atoms with Crippen LogP contribution in [0.1, 0.15) is 65.7 Å². The molecule has 106 valence electrons. The van der Waals surface area contributed by atoms with Gasteiger partial charge in [-0.3, -0.25) is 0 Å². The molecule has 1 aliphatic heterocycles. The van der Waals surface area contributed by atoms with E-state index < -0.39 is 0 Å². The van der Waals surface area contributed by atoms with Crippen LogP contribution < -0.4 is 0 Å². The van der Waals surface area contributed by atoms with Crippen LogP contribution in [-0.4, -0.2) is 18.0 Å². The zero-order valence-electron chi connectivity index (χ0n) is 12.3. The molecule has 1 atom stereocenters. The van der Waals surface area contributed by atoms with Crippen molar-refractivity contribution >= 4 is 15.9 Å². The molecule has 1 unspecified atom stereocenters. The standard InChI is InChI=1S/C16H29BrO/c1-15(2,3)13-6-8-16(12-17,9-7-13)11-14-5-4-10-18-14/h13-14H,4-12H2,1-3H3. The van der Waals surface area contributed by atoms with E-state index in [0.29, 0.717) is 16.9 Å². The molecule has 2 heteroatoms. The van der Waals surface area contributed by atoms with Crippen molar-refractivity contribution in [2.75, 3.05) is 11.9 Å². The molecule has 0 bridgehead atoms. The molecule has 1 heterocycles. The Morgan fingerprint density at radius 1 is 1.17 bits per heavy atom. The van der Waals surface area contributed by atoms with Gasteiger partial charge >= 0.3 is 0 Å². The van der Waals surface area contributed by atoms with Crippen LogP contribution in [-0.2, 0) is 4.74 Å². The first kappa shape index (κ1) is 14.8. The molecule has 0 N–H and O–H groups in total. The zero-order valence-corrected chi connectivity index (χ0v) is 13.9. The van der Waals surface area contributed by atoms with E-state index in [4.69, 9.17) is 4.74 Å². The van der Waals surface area contributed by atoms with Gasteiger partial charge in [0.15, 0.2) is 0 Å². The highest BCUT2D eigenvalue weighted by Gasteiger charge is 2.40. The lowest BCUT2D eigenvalue weighted by atomic mass is 9.63. The Morgan fingerprint density at radius 2 is 1.83 bits per heavy atom. The van der Waals surface area contributed by atoms with Gasteiger partial charge < -0.3 is 4.74 Å². The Morgan fingerprint density at radius 3 is 2.28 bits per heavy atom. The molecule has 2 fully saturated rings. The first-order chi connectivity index (χ1) is 8.45. The molecule has 0 amide bonds. The summed E-state index contributed by atoms with van der Waals surface area (Å²) >= 11 is 3.79. The van der Waals surface area contributed by atoms with Gasteiger partial charge in [0, 0.05) is 11.9 Å². The lowest BCUT2D eigenvalue weighted by molar-refractivity contribution is 0.0327. The van der Waals surface area contributed by atoms with Gasteiger partial charge in [-0.15, -0.1) is 0 Å². The summed E-state index contributed by atoms with van der Waals surface area (Å²) in [4.78, 5) is 0. The third-order valence-electron chi connectivity index (χ3n) is 5.24. The minimum absolute atomic E-state index is 0.488. The van der Waals surface area contributed by atoms with Crippen molar-refractivity contribution in [2.24, 2.45) is 16.7 Å². The lowest BCUT2D eigenvalue weighted by Crippen LogP contribution is -2.36. The molecule has 0 spiro atoms. The molecule has 1 nitrogen and oxygen atoms in total. The number of hydrogen-bond acceptors (Lipinski definition) is 1. The lowest BCUT2D eigenvalue weighted by Gasteiger charge is -2.44. The highest BCUT2D eigenvalue weighted by atomic mass is 79.9. The first-order valence-electron chi connectivity index (χ1n) is 7.63. The van der Waals surface area contributed by atoms with E-state index in [2.05, 4.69) is 36.7 Å². The predicted octanol–water partition coefficient (Wildman–Crippen LogP) is 5.17. The summed E-state index contributed by atoms with van der Waals surface area (Å²) in [5.41, 5.74) is 1.01. The summed E-state index contributed by atoms with van der Waals surface area (Å²) in [7, 11) is 0. The fraction of sp³-hybridized carbons (Fsp3) is 1.00. The summed E-state index contributed by atoms with van der Waals surface area (Å²) in [5.74, 6) is 0.911. The molecule has 0 aromatic heterocycles. The van der Waals surface area contributed by atoms with Crippen molar-refractivity contribution < 1.29 is 4.74 Å². The van der Waals surface area contributed by atoms with Gasteiger partial charge in [0.2, 0.25) is 0 Å². The number of hydrogen-bond donors (Lipinski definition) is 0. The van der Waals surface area contributed by atoms with E-state index in [9.17, 15) is 0 Å². The molecule has 2 rings (SSSR count). The fourth-order valence-electron chi connectivity index (χ4n) is 3.78. The van der Waals surface area contributed by atoms with Crippen LogP contribution in [0, 0.1) is 16.7 Å². The van der Waals surface area contributed by atoms with Gasteiger partial charge in [0.25, 0.3) is 0 Å². The maximum Gasteiger partial charge on any atom is 0.0581 e. The highest BCUT2D eigenvalue weighted by molar-refractivity contribution is 9.09. The van der Waals surface area contributed by atoms with Gasteiger partial charge in [0.05, 0.1) is 6.10 Å². The maximum atomic E-state index is 5.86. The zero-order chi connectivity index (χ0) is 13.2. The van der Waals surface area contributed by atoms with Crippen LogP contribution in [0.25, 0.3) is 0 Å². The second-order valence-corrected chi connectivity index (χ2v) is 8.17. The molecule has 1 saturated carbocycles. The van der Waals surface area contributed by atoms with E-state index in [0.717, 1.165) is 17.9 Å². The van der Waals surface area contributed by atoms with Crippen molar-refractivity contribution in [3.05, 3.63) is 0 Å². The minimum Gasteiger partial charge on any atom is -0.378 e. The Kier molecular flexibility index (Phi) is 4.80. The summed E-state index contributed by atoms with van der Waals surface area (Å²) in [6.45, 7) is 8.20. The minimum atomic E-state index is 0.488. The molecule has 0 aromatic carbocycles. The van der Waals surface area contributed by atoms with Crippen molar-refractivity contribution in [3.8, 4) is 0 Å². The van der Waals surface area contributed by atoms with Crippen LogP contribution in [0.4, 0.5) is 0 Å². The van der Waals surface area contributed by atoms with Crippen molar-refractivity contribution in [3.63, 3.8) is 0 Å². The fourth-order valence-corrected chi connectivity index (χ4v) is 4.57. The maximum absolute atomic E-state index is 5.86. The van der Waals surface area contributed by atoms with Gasteiger partial charge in [-0.1, -0.05) is 36.7 Å². The van der Waals surface area contributed by atoms with Crippen LogP contribution in [0.15, 0.2) is 0 Å². The van der Waals surface area contributed by atoms with Crippen molar-refractivity contribution in [1.29, 1.82) is 0 Å². The van der Waals surface area contributed by atoms with E-state index >= 15 is 0 Å². The Hall–Kier alpha value is 0.440. The molecular formula is C16H29BrO. The molecule has 2 aliphatic rings. The highest BCUT2D eigenvalue weighted by Crippen LogP contribution is 2.49. The Labute approximate surface area is 121 Å². The smallest absolute Gasteiger partial charge is 0.0581 e. The summed E-state index contributed by atoms with van der Waals surface area (Å²) in [6, 6.07) is 0. The SMILES string of the molecule is CC(C)(C)C1CCC(CBr)(CC2CCCO2)CC1. The number of halogens is 1. The van der Waals surface area contributed by atoms with Crippen molar-refractivity contribution in [1.82, 2.24) is 0 Å². The van der Waals surface area contributed by atoms with Crippen molar-refractivity contribution in [2.45, 2.75) is 71.8 Å².